The first-order valence-electron chi connectivity index (χ1n) is 6.11. The average Bonchev–Trinajstić information content (AvgIpc) is 2.94. The van der Waals surface area contributed by atoms with Crippen LogP contribution in [0.25, 0.3) is 11.4 Å². The standard InChI is InChI=1S/C13H15N3O4/c1-3-19-13(17)14-8-11-15-12(16-20-11)9-6-4-5-7-10(9)18-2/h4-7H,3,8H2,1-2H3,(H,14,17). The maximum absolute atomic E-state index is 11.2. The molecule has 1 heterocycles. The number of nitrogens with one attached hydrogen (secondary N) is 1. The van der Waals surface area contributed by atoms with Crippen LogP contribution in [0.15, 0.2) is 28.8 Å². The van der Waals surface area contributed by atoms with Gasteiger partial charge in [0, 0.05) is 0 Å². The molecule has 1 aromatic carbocycles. The number of carbonyl (C=O) groups is 1. The number of hydrogen-bond acceptors (Lipinski definition) is 6. The molecule has 0 aliphatic rings. The molecule has 0 saturated carbocycles. The maximum Gasteiger partial charge on any atom is 0.407 e. The third-order valence-corrected chi connectivity index (χ3v) is 2.48. The smallest absolute Gasteiger partial charge is 0.407 e. The Morgan fingerprint density at radius 3 is 2.95 bits per heavy atom. The fraction of sp³-hybridized carbons (Fsp3) is 0.308. The van der Waals surface area contributed by atoms with Gasteiger partial charge in [-0.3, -0.25) is 0 Å². The van der Waals surface area contributed by atoms with Crippen molar-refractivity contribution in [2.24, 2.45) is 0 Å². The predicted octanol–water partition coefficient (Wildman–Crippen LogP) is 1.99. The number of alkyl carbamates (subject to hydrolysis) is 1. The summed E-state index contributed by atoms with van der Waals surface area (Å²) in [6.45, 7) is 2.15. The molecule has 0 atom stereocenters. The zero-order chi connectivity index (χ0) is 14.4. The summed E-state index contributed by atoms with van der Waals surface area (Å²) in [5.41, 5.74) is 0.723. The molecule has 0 fully saturated rings. The van der Waals surface area contributed by atoms with Crippen LogP contribution in [0.1, 0.15) is 12.8 Å². The van der Waals surface area contributed by atoms with Crippen LogP contribution in [-0.4, -0.2) is 30.0 Å². The Balaban J connectivity index is 2.07. The number of amides is 1. The fourth-order valence-electron chi connectivity index (χ4n) is 1.60. The van der Waals surface area contributed by atoms with Gasteiger partial charge in [0.2, 0.25) is 11.7 Å². The molecule has 7 heteroatoms. The summed E-state index contributed by atoms with van der Waals surface area (Å²) in [6, 6.07) is 7.34. The van der Waals surface area contributed by atoms with Crippen molar-refractivity contribution in [3.63, 3.8) is 0 Å². The molecular formula is C13H15N3O4. The van der Waals surface area contributed by atoms with Gasteiger partial charge in [-0.05, 0) is 19.1 Å². The zero-order valence-corrected chi connectivity index (χ0v) is 11.3. The van der Waals surface area contributed by atoms with Crippen molar-refractivity contribution in [3.05, 3.63) is 30.2 Å². The Hall–Kier alpha value is -2.57. The lowest BCUT2D eigenvalue weighted by atomic mass is 10.2. The Bertz CT molecular complexity index is 583. The van der Waals surface area contributed by atoms with E-state index in [9.17, 15) is 4.79 Å². The second kappa shape index (κ2) is 6.55. The lowest BCUT2D eigenvalue weighted by Gasteiger charge is -2.03. The quantitative estimate of drug-likeness (QED) is 0.899. The number of benzene rings is 1. The highest BCUT2D eigenvalue weighted by Crippen LogP contribution is 2.26. The Labute approximate surface area is 115 Å². The van der Waals surface area contributed by atoms with Crippen molar-refractivity contribution in [1.29, 1.82) is 0 Å². The number of aromatic nitrogens is 2. The van der Waals surface area contributed by atoms with Gasteiger partial charge in [-0.2, -0.15) is 4.98 Å². The second-order valence-electron chi connectivity index (χ2n) is 3.79. The van der Waals surface area contributed by atoms with Crippen LogP contribution in [0.5, 0.6) is 5.75 Å². The van der Waals surface area contributed by atoms with E-state index in [1.54, 1.807) is 14.0 Å². The van der Waals surface area contributed by atoms with Crippen LogP contribution in [0, 0.1) is 0 Å². The first-order chi connectivity index (χ1) is 9.74. The van der Waals surface area contributed by atoms with Crippen molar-refractivity contribution in [3.8, 4) is 17.1 Å². The number of para-hydroxylation sites is 1. The van der Waals surface area contributed by atoms with E-state index in [2.05, 4.69) is 15.5 Å². The van der Waals surface area contributed by atoms with E-state index in [1.807, 2.05) is 24.3 Å². The molecule has 2 aromatic rings. The molecule has 1 N–H and O–H groups in total. The minimum Gasteiger partial charge on any atom is -0.496 e. The number of hydrogen-bond donors (Lipinski definition) is 1. The molecular weight excluding hydrogens is 262 g/mol. The number of nitrogens with zero attached hydrogens (tertiary/aromatic N) is 2. The highest BCUT2D eigenvalue weighted by Gasteiger charge is 2.13. The average molecular weight is 277 g/mol. The molecule has 0 saturated heterocycles. The summed E-state index contributed by atoms with van der Waals surface area (Å²) in [5.74, 6) is 1.35. The molecule has 20 heavy (non-hydrogen) atoms. The molecule has 106 valence electrons. The second-order valence-corrected chi connectivity index (χ2v) is 3.79. The van der Waals surface area contributed by atoms with E-state index in [1.165, 1.54) is 0 Å². The van der Waals surface area contributed by atoms with Gasteiger partial charge in [0.25, 0.3) is 0 Å². The monoisotopic (exact) mass is 277 g/mol. The summed E-state index contributed by atoms with van der Waals surface area (Å²) >= 11 is 0. The van der Waals surface area contributed by atoms with Crippen LogP contribution in [0.2, 0.25) is 0 Å². The number of methoxy groups -OCH3 is 1. The van der Waals surface area contributed by atoms with Crippen LogP contribution < -0.4 is 10.1 Å². The molecule has 0 aliphatic heterocycles. The number of rotatable bonds is 5. The van der Waals surface area contributed by atoms with Crippen molar-refractivity contribution in [2.75, 3.05) is 13.7 Å². The van der Waals surface area contributed by atoms with E-state index in [0.717, 1.165) is 5.56 Å². The Kier molecular flexibility index (Phi) is 4.54. The van der Waals surface area contributed by atoms with E-state index >= 15 is 0 Å². The third kappa shape index (κ3) is 3.25. The van der Waals surface area contributed by atoms with Crippen molar-refractivity contribution < 1.29 is 18.8 Å². The molecule has 1 aromatic heterocycles. The molecule has 0 aliphatic carbocycles. The SMILES string of the molecule is CCOC(=O)NCc1nc(-c2ccccc2OC)no1. The van der Waals surface area contributed by atoms with Gasteiger partial charge in [0.1, 0.15) is 12.3 Å². The molecule has 2 rings (SSSR count). The summed E-state index contributed by atoms with van der Waals surface area (Å²) < 4.78 is 15.0. The summed E-state index contributed by atoms with van der Waals surface area (Å²) in [5, 5.41) is 6.37. The molecule has 0 bridgehead atoms. The topological polar surface area (TPSA) is 86.5 Å². The zero-order valence-electron chi connectivity index (χ0n) is 11.3. The molecule has 7 nitrogen and oxygen atoms in total. The number of ether oxygens (including phenoxy) is 2. The first kappa shape index (κ1) is 13.9. The lowest BCUT2D eigenvalue weighted by Crippen LogP contribution is -2.23. The predicted molar refractivity (Wildman–Crippen MR) is 70.1 cm³/mol. The van der Waals surface area contributed by atoms with Crippen LogP contribution >= 0.6 is 0 Å². The molecule has 1 amide bonds. The lowest BCUT2D eigenvalue weighted by molar-refractivity contribution is 0.150. The minimum atomic E-state index is -0.524. The largest absolute Gasteiger partial charge is 0.496 e. The van der Waals surface area contributed by atoms with Gasteiger partial charge < -0.3 is 19.3 Å². The van der Waals surface area contributed by atoms with Crippen LogP contribution in [0.4, 0.5) is 4.79 Å². The van der Waals surface area contributed by atoms with E-state index < -0.39 is 6.09 Å². The van der Waals surface area contributed by atoms with Crippen LogP contribution in [0.3, 0.4) is 0 Å². The van der Waals surface area contributed by atoms with Gasteiger partial charge in [-0.15, -0.1) is 0 Å². The summed E-state index contributed by atoms with van der Waals surface area (Å²) in [4.78, 5) is 15.3. The first-order valence-corrected chi connectivity index (χ1v) is 6.11. The molecule has 0 unspecified atom stereocenters. The highest BCUT2D eigenvalue weighted by molar-refractivity contribution is 5.67. The third-order valence-electron chi connectivity index (χ3n) is 2.48. The van der Waals surface area contributed by atoms with Crippen molar-refractivity contribution in [1.82, 2.24) is 15.5 Å². The van der Waals surface area contributed by atoms with Gasteiger partial charge in [-0.1, -0.05) is 17.3 Å². The van der Waals surface area contributed by atoms with E-state index in [-0.39, 0.29) is 6.54 Å². The van der Waals surface area contributed by atoms with Gasteiger partial charge in [0.15, 0.2) is 0 Å². The van der Waals surface area contributed by atoms with Gasteiger partial charge in [0.05, 0.1) is 19.3 Å². The fourth-order valence-corrected chi connectivity index (χ4v) is 1.60. The van der Waals surface area contributed by atoms with Gasteiger partial charge >= 0.3 is 6.09 Å². The van der Waals surface area contributed by atoms with Crippen molar-refractivity contribution in [2.45, 2.75) is 13.5 Å². The number of carbonyl (C=O) groups excluding carboxylic acids is 1. The minimum absolute atomic E-state index is 0.112. The molecule has 0 radical (unpaired) electrons. The normalized spacial score (nSPS) is 10.1. The van der Waals surface area contributed by atoms with E-state index in [4.69, 9.17) is 14.0 Å². The summed E-state index contributed by atoms with van der Waals surface area (Å²) in [7, 11) is 1.57. The Morgan fingerprint density at radius 2 is 2.20 bits per heavy atom. The summed E-state index contributed by atoms with van der Waals surface area (Å²) in [6.07, 6.45) is -0.524. The van der Waals surface area contributed by atoms with Crippen molar-refractivity contribution >= 4 is 6.09 Å². The van der Waals surface area contributed by atoms with E-state index in [0.29, 0.717) is 24.1 Å². The molecule has 0 spiro atoms. The van der Waals surface area contributed by atoms with Crippen LogP contribution in [-0.2, 0) is 11.3 Å². The highest BCUT2D eigenvalue weighted by atomic mass is 16.5. The maximum atomic E-state index is 11.2. The Morgan fingerprint density at radius 1 is 1.40 bits per heavy atom. The van der Waals surface area contributed by atoms with Gasteiger partial charge in [-0.25, -0.2) is 4.79 Å².